The lowest BCUT2D eigenvalue weighted by atomic mass is 9.78. The van der Waals surface area contributed by atoms with Gasteiger partial charge in [0.1, 0.15) is 17.2 Å². The molecule has 0 aromatic heterocycles. The number of allylic oxidation sites excluding steroid dienone is 2. The maximum absolute atomic E-state index is 13.6. The molecule has 0 atom stereocenters. The lowest BCUT2D eigenvalue weighted by molar-refractivity contribution is -0.142. The minimum Gasteiger partial charge on any atom is -0.206 e. The Balaban J connectivity index is 1.80. The average Bonchev–Trinajstić information content (AvgIpc) is 2.56. The van der Waals surface area contributed by atoms with E-state index < -0.39 is 23.4 Å². The minimum absolute atomic E-state index is 0.307. The van der Waals surface area contributed by atoms with Gasteiger partial charge in [-0.3, -0.25) is 0 Å². The molecule has 1 aliphatic carbocycles. The molecule has 1 saturated carbocycles. The van der Waals surface area contributed by atoms with Crippen molar-refractivity contribution in [2.75, 3.05) is 0 Å². The zero-order chi connectivity index (χ0) is 19.2. The van der Waals surface area contributed by atoms with Gasteiger partial charge in [0.25, 0.3) is 0 Å². The van der Waals surface area contributed by atoms with Crippen LogP contribution in [-0.4, -0.2) is 0 Å². The first-order valence-electron chi connectivity index (χ1n) is 9.47. The van der Waals surface area contributed by atoms with E-state index in [1.807, 2.05) is 6.92 Å². The topological polar surface area (TPSA) is 0 Å². The number of hydrogen-bond donors (Lipinski definition) is 0. The monoisotopic (exact) mass is 374 g/mol. The molecular weight excluding hydrogens is 347 g/mol. The van der Waals surface area contributed by atoms with E-state index in [9.17, 15) is 22.0 Å². The molecule has 0 bridgehead atoms. The van der Waals surface area contributed by atoms with E-state index in [4.69, 9.17) is 0 Å². The molecule has 0 N–H and O–H groups in total. The van der Waals surface area contributed by atoms with Crippen LogP contribution in [-0.2, 0) is 12.6 Å². The van der Waals surface area contributed by atoms with Gasteiger partial charge in [0.2, 0.25) is 0 Å². The number of benzene rings is 1. The summed E-state index contributed by atoms with van der Waals surface area (Å²) < 4.78 is 65.1. The maximum atomic E-state index is 13.6. The number of aryl methyl sites for hydroxylation is 1. The van der Waals surface area contributed by atoms with Crippen molar-refractivity contribution >= 4 is 0 Å². The van der Waals surface area contributed by atoms with E-state index >= 15 is 0 Å². The molecule has 26 heavy (non-hydrogen) atoms. The second-order valence-corrected chi connectivity index (χ2v) is 7.36. The molecule has 1 aromatic carbocycles. The largest absolute Gasteiger partial charge is 0.422 e. The fourth-order valence-electron chi connectivity index (χ4n) is 3.91. The highest BCUT2D eigenvalue weighted by Crippen LogP contribution is 2.36. The van der Waals surface area contributed by atoms with Gasteiger partial charge in [0.05, 0.1) is 0 Å². The Kier molecular flexibility index (Phi) is 7.66. The van der Waals surface area contributed by atoms with Crippen molar-refractivity contribution in [2.45, 2.75) is 70.9 Å². The van der Waals surface area contributed by atoms with Gasteiger partial charge in [-0.25, -0.2) is 8.78 Å². The van der Waals surface area contributed by atoms with Gasteiger partial charge < -0.3 is 0 Å². The molecule has 1 aliphatic rings. The summed E-state index contributed by atoms with van der Waals surface area (Å²) in [5.41, 5.74) is -1.49. The molecule has 0 nitrogen and oxygen atoms in total. The standard InChI is InChI=1S/C21H27F5/c1-2-3-4-5-6-15-7-9-16(10-8-15)11-12-17-13-18(22)20(19(23)14-17)21(24,25)26/h2-3,13-16H,4-12H2,1H3/b3-2+. The molecule has 2 rings (SSSR count). The van der Waals surface area contributed by atoms with Crippen LogP contribution in [0.3, 0.4) is 0 Å². The number of alkyl halides is 3. The molecule has 0 heterocycles. The van der Waals surface area contributed by atoms with Crippen molar-refractivity contribution < 1.29 is 22.0 Å². The summed E-state index contributed by atoms with van der Waals surface area (Å²) >= 11 is 0. The number of hydrogen-bond acceptors (Lipinski definition) is 0. The molecule has 5 heteroatoms. The first-order valence-corrected chi connectivity index (χ1v) is 9.47. The van der Waals surface area contributed by atoms with Crippen LogP contribution in [0.5, 0.6) is 0 Å². The Bertz CT molecular complexity index is 572. The quantitative estimate of drug-likeness (QED) is 0.264. The number of rotatable bonds is 7. The van der Waals surface area contributed by atoms with Gasteiger partial charge in [0, 0.05) is 0 Å². The van der Waals surface area contributed by atoms with Gasteiger partial charge in [-0.2, -0.15) is 13.2 Å². The first-order chi connectivity index (χ1) is 12.3. The zero-order valence-corrected chi connectivity index (χ0v) is 15.2. The van der Waals surface area contributed by atoms with Gasteiger partial charge in [-0.15, -0.1) is 0 Å². The van der Waals surface area contributed by atoms with Gasteiger partial charge >= 0.3 is 6.18 Å². The average molecular weight is 374 g/mol. The smallest absolute Gasteiger partial charge is 0.206 e. The number of halogens is 5. The first kappa shape index (κ1) is 20.9. The van der Waals surface area contributed by atoms with E-state index in [2.05, 4.69) is 12.2 Å². The summed E-state index contributed by atoms with van der Waals surface area (Å²) in [6.45, 7) is 2.03. The molecule has 0 aliphatic heterocycles. The highest BCUT2D eigenvalue weighted by molar-refractivity contribution is 5.28. The van der Waals surface area contributed by atoms with Crippen LogP contribution < -0.4 is 0 Å². The predicted octanol–water partition coefficient (Wildman–Crippen LogP) is 7.47. The van der Waals surface area contributed by atoms with E-state index in [-0.39, 0.29) is 0 Å². The Morgan fingerprint density at radius 1 is 0.962 bits per heavy atom. The van der Waals surface area contributed by atoms with Crippen LogP contribution in [0.1, 0.15) is 69.4 Å². The van der Waals surface area contributed by atoms with Crippen molar-refractivity contribution in [3.05, 3.63) is 47.0 Å². The maximum Gasteiger partial charge on any atom is 0.422 e. The third kappa shape index (κ3) is 6.10. The van der Waals surface area contributed by atoms with Crippen molar-refractivity contribution in [3.8, 4) is 0 Å². The fraction of sp³-hybridized carbons (Fsp3) is 0.619. The van der Waals surface area contributed by atoms with E-state index in [0.717, 1.165) is 43.7 Å². The SMILES string of the molecule is C/C=C/CCCC1CCC(CCc2cc(F)c(C(F)(F)F)c(F)c2)CC1. The van der Waals surface area contributed by atoms with Crippen molar-refractivity contribution in [3.63, 3.8) is 0 Å². The summed E-state index contributed by atoms with van der Waals surface area (Å²) in [5, 5.41) is 0. The Morgan fingerprint density at radius 3 is 2.00 bits per heavy atom. The lowest BCUT2D eigenvalue weighted by Gasteiger charge is -2.28. The zero-order valence-electron chi connectivity index (χ0n) is 15.2. The summed E-state index contributed by atoms with van der Waals surface area (Å²) in [6.07, 6.45) is 8.58. The Morgan fingerprint density at radius 2 is 1.50 bits per heavy atom. The van der Waals surface area contributed by atoms with Crippen LogP contribution in [0.15, 0.2) is 24.3 Å². The van der Waals surface area contributed by atoms with Crippen LogP contribution in [0.25, 0.3) is 0 Å². The third-order valence-corrected chi connectivity index (χ3v) is 5.41. The molecule has 146 valence electrons. The fourth-order valence-corrected chi connectivity index (χ4v) is 3.91. The summed E-state index contributed by atoms with van der Waals surface area (Å²) in [5.74, 6) is -1.78. The van der Waals surface area contributed by atoms with Gasteiger partial charge in [0.15, 0.2) is 0 Å². The Labute approximate surface area is 152 Å². The van der Waals surface area contributed by atoms with E-state index in [1.165, 1.54) is 25.7 Å². The molecule has 0 saturated heterocycles. The molecular formula is C21H27F5. The second-order valence-electron chi connectivity index (χ2n) is 7.36. The van der Waals surface area contributed by atoms with Crippen LogP contribution >= 0.6 is 0 Å². The molecule has 1 aromatic rings. The molecule has 0 amide bonds. The molecule has 1 fully saturated rings. The van der Waals surface area contributed by atoms with E-state index in [0.29, 0.717) is 17.9 Å². The second kappa shape index (κ2) is 9.52. The third-order valence-electron chi connectivity index (χ3n) is 5.41. The van der Waals surface area contributed by atoms with Crippen molar-refractivity contribution in [2.24, 2.45) is 11.8 Å². The lowest BCUT2D eigenvalue weighted by Crippen LogP contribution is -2.15. The normalized spacial score (nSPS) is 21.5. The van der Waals surface area contributed by atoms with Crippen LogP contribution in [0.4, 0.5) is 22.0 Å². The van der Waals surface area contributed by atoms with Crippen LogP contribution in [0.2, 0.25) is 0 Å². The van der Waals surface area contributed by atoms with Gasteiger partial charge in [-0.1, -0.05) is 44.3 Å². The minimum atomic E-state index is -5.00. The summed E-state index contributed by atoms with van der Waals surface area (Å²) in [4.78, 5) is 0. The van der Waals surface area contributed by atoms with Gasteiger partial charge in [-0.05, 0) is 62.1 Å². The van der Waals surface area contributed by atoms with Crippen LogP contribution in [0, 0.1) is 23.5 Å². The van der Waals surface area contributed by atoms with Crippen molar-refractivity contribution in [1.82, 2.24) is 0 Å². The number of unbranched alkanes of at least 4 members (excludes halogenated alkanes) is 1. The molecule has 0 spiro atoms. The Hall–Kier alpha value is -1.39. The summed E-state index contributed by atoms with van der Waals surface area (Å²) in [6, 6.07) is 1.66. The molecule has 0 radical (unpaired) electrons. The highest BCUT2D eigenvalue weighted by Gasteiger charge is 2.37. The predicted molar refractivity (Wildman–Crippen MR) is 93.8 cm³/mol. The highest BCUT2D eigenvalue weighted by atomic mass is 19.4. The van der Waals surface area contributed by atoms with Crippen molar-refractivity contribution in [1.29, 1.82) is 0 Å². The van der Waals surface area contributed by atoms with E-state index in [1.54, 1.807) is 0 Å². The molecule has 0 unspecified atom stereocenters. The summed E-state index contributed by atoms with van der Waals surface area (Å²) in [7, 11) is 0.